The smallest absolute Gasteiger partial charge is 0.407 e. The van der Waals surface area contributed by atoms with Gasteiger partial charge in [0.15, 0.2) is 0 Å². The van der Waals surface area contributed by atoms with Crippen LogP contribution in [0.4, 0.5) is 9.59 Å². The molecule has 2 aliphatic heterocycles. The van der Waals surface area contributed by atoms with Gasteiger partial charge in [-0.25, -0.2) is 19.6 Å². The average Bonchev–Trinajstić information content (AvgIpc) is 4.10. The molecular formula is C44H54N8O6. The van der Waals surface area contributed by atoms with Crippen molar-refractivity contribution in [3.05, 3.63) is 72.6 Å². The van der Waals surface area contributed by atoms with Crippen molar-refractivity contribution in [3.63, 3.8) is 0 Å². The fraction of sp³-hybridized carbons (Fsp3) is 0.500. The third-order valence-electron chi connectivity index (χ3n) is 13.3. The fourth-order valence-corrected chi connectivity index (χ4v) is 10.1. The molecule has 0 bridgehead atoms. The topological polar surface area (TPSA) is 179 Å². The molecule has 14 nitrogen and oxygen atoms in total. The lowest BCUT2D eigenvalue weighted by molar-refractivity contribution is -0.140. The van der Waals surface area contributed by atoms with Crippen LogP contribution >= 0.6 is 0 Å². The molecular weight excluding hydrogens is 737 g/mol. The van der Waals surface area contributed by atoms with Crippen molar-refractivity contribution in [2.24, 2.45) is 11.8 Å². The molecule has 4 aromatic rings. The minimum absolute atomic E-state index is 0.0331. The van der Waals surface area contributed by atoms with Crippen molar-refractivity contribution in [2.45, 2.75) is 101 Å². The Hall–Kier alpha value is -5.66. The number of carbonyl (C=O) groups excluding carboxylic acids is 2. The molecule has 306 valence electrons. The molecule has 0 radical (unpaired) electrons. The first-order chi connectivity index (χ1) is 28.1. The highest BCUT2D eigenvalue weighted by Gasteiger charge is 2.43. The second-order valence-corrected chi connectivity index (χ2v) is 16.6. The molecule has 4 N–H and O–H groups in total. The molecule has 2 saturated carbocycles. The number of hydrogen-bond donors (Lipinski definition) is 4. The first kappa shape index (κ1) is 39.2. The van der Waals surface area contributed by atoms with E-state index in [0.717, 1.165) is 96.7 Å². The zero-order valence-corrected chi connectivity index (χ0v) is 33.3. The summed E-state index contributed by atoms with van der Waals surface area (Å²) in [4.78, 5) is 74.2. The predicted molar refractivity (Wildman–Crippen MR) is 217 cm³/mol. The number of likely N-dealkylation sites (tertiary alicyclic amines) is 2. The Bertz CT molecular complexity index is 1960. The number of rotatable bonds is 9. The summed E-state index contributed by atoms with van der Waals surface area (Å²) < 4.78 is 0. The van der Waals surface area contributed by atoms with Crippen molar-refractivity contribution in [2.75, 3.05) is 27.2 Å². The van der Waals surface area contributed by atoms with Crippen molar-refractivity contribution < 1.29 is 29.4 Å². The summed E-state index contributed by atoms with van der Waals surface area (Å²) >= 11 is 0. The molecule has 4 heterocycles. The first-order valence-corrected chi connectivity index (χ1v) is 20.9. The highest BCUT2D eigenvalue weighted by molar-refractivity contribution is 5.82. The Labute approximate surface area is 338 Å². The number of carbonyl (C=O) groups is 4. The van der Waals surface area contributed by atoms with Crippen molar-refractivity contribution in [1.82, 2.24) is 39.5 Å². The molecule has 58 heavy (non-hydrogen) atoms. The predicted octanol–water partition coefficient (Wildman–Crippen LogP) is 7.80. The van der Waals surface area contributed by atoms with Gasteiger partial charge in [-0.1, -0.05) is 74.2 Å². The number of nitrogens with one attached hydrogen (secondary N) is 2. The van der Waals surface area contributed by atoms with E-state index in [1.165, 1.54) is 9.80 Å². The number of benzene rings is 2. The lowest BCUT2D eigenvalue weighted by atomic mass is 9.82. The molecule has 2 aromatic heterocycles. The number of aromatic amines is 2. The fourth-order valence-electron chi connectivity index (χ4n) is 10.1. The maximum atomic E-state index is 13.9. The highest BCUT2D eigenvalue weighted by Crippen LogP contribution is 2.39. The number of amides is 4. The van der Waals surface area contributed by atoms with E-state index in [1.54, 1.807) is 14.1 Å². The summed E-state index contributed by atoms with van der Waals surface area (Å²) in [6.07, 6.45) is 11.6. The maximum Gasteiger partial charge on any atom is 0.407 e. The summed E-state index contributed by atoms with van der Waals surface area (Å²) in [5.74, 6) is 0.918. The molecule has 2 saturated heterocycles. The third-order valence-corrected chi connectivity index (χ3v) is 13.3. The van der Waals surface area contributed by atoms with Gasteiger partial charge in [-0.05, 0) is 73.6 Å². The second-order valence-electron chi connectivity index (χ2n) is 16.6. The molecule has 14 heteroatoms. The summed E-state index contributed by atoms with van der Waals surface area (Å²) in [7, 11) is 3.15. The Morgan fingerprint density at radius 2 is 0.914 bits per heavy atom. The van der Waals surface area contributed by atoms with Gasteiger partial charge in [0.25, 0.3) is 0 Å². The van der Waals surface area contributed by atoms with Gasteiger partial charge in [-0.15, -0.1) is 0 Å². The van der Waals surface area contributed by atoms with E-state index >= 15 is 0 Å². The molecule has 0 unspecified atom stereocenters. The summed E-state index contributed by atoms with van der Waals surface area (Å²) in [5.41, 5.74) is 5.86. The summed E-state index contributed by atoms with van der Waals surface area (Å²) in [5, 5.41) is 19.3. The third kappa shape index (κ3) is 7.68. The second kappa shape index (κ2) is 16.7. The van der Waals surface area contributed by atoms with E-state index in [9.17, 15) is 29.4 Å². The molecule has 6 atom stereocenters. The lowest BCUT2D eigenvalue weighted by Crippen LogP contribution is -2.49. The van der Waals surface area contributed by atoms with Crippen LogP contribution in [0.2, 0.25) is 0 Å². The van der Waals surface area contributed by atoms with Crippen molar-refractivity contribution in [3.8, 4) is 33.6 Å². The number of aromatic nitrogens is 4. The average molecular weight is 791 g/mol. The van der Waals surface area contributed by atoms with Gasteiger partial charge in [-0.2, -0.15) is 0 Å². The van der Waals surface area contributed by atoms with Gasteiger partial charge < -0.3 is 39.8 Å². The Morgan fingerprint density at radius 3 is 1.29 bits per heavy atom. The van der Waals surface area contributed by atoms with Gasteiger partial charge in [0.1, 0.15) is 11.6 Å². The highest BCUT2D eigenvalue weighted by atomic mass is 16.4. The monoisotopic (exact) mass is 790 g/mol. The normalized spacial score (nSPS) is 24.8. The van der Waals surface area contributed by atoms with Crippen LogP contribution in [0.1, 0.15) is 101 Å². The van der Waals surface area contributed by atoms with Gasteiger partial charge in [0.05, 0.1) is 47.7 Å². The van der Waals surface area contributed by atoms with Gasteiger partial charge in [-0.3, -0.25) is 9.59 Å². The molecule has 2 aromatic carbocycles. The van der Waals surface area contributed by atoms with Crippen LogP contribution in [-0.2, 0) is 9.59 Å². The van der Waals surface area contributed by atoms with Crippen LogP contribution < -0.4 is 0 Å². The Balaban J connectivity index is 0.911. The largest absolute Gasteiger partial charge is 0.465 e. The molecule has 2 aliphatic carbocycles. The van der Waals surface area contributed by atoms with Crippen LogP contribution in [-0.4, -0.2) is 113 Å². The zero-order valence-electron chi connectivity index (χ0n) is 33.3. The zero-order chi connectivity index (χ0) is 40.5. The Kier molecular flexibility index (Phi) is 11.3. The Morgan fingerprint density at radius 1 is 0.552 bits per heavy atom. The maximum absolute atomic E-state index is 13.9. The number of imidazole rings is 2. The molecule has 4 aliphatic rings. The van der Waals surface area contributed by atoms with Crippen LogP contribution in [0.25, 0.3) is 33.6 Å². The minimum atomic E-state index is -0.994. The van der Waals surface area contributed by atoms with E-state index < -0.39 is 12.2 Å². The first-order valence-electron chi connectivity index (χ1n) is 20.9. The van der Waals surface area contributed by atoms with Crippen LogP contribution in [0.3, 0.4) is 0 Å². The standard InChI is InChI=1S/C44H54N8O6/c1-49(43(55)56)35-11-5-3-9-31(35)41(53)51-23-7-13-37(51)39-45-25-33(47-39)29-19-15-27(16-20-29)28-17-21-30(22-18-28)34-26-46-40(48-34)38-14-8-24-52(38)42(54)32-10-4-6-12-36(32)50(2)44(57)58/h15-22,25-26,31-32,35-38H,3-14,23-24H2,1-2H3,(H,45,47)(H,46,48)(H,55,56)(H,57,58)/t31-,32-,35-,36-,37+,38+/m1/s1. The quantitative estimate of drug-likeness (QED) is 0.133. The SMILES string of the molecule is CN(C(=O)O)[C@@H]1CCCC[C@H]1C(=O)N1CCC[C@H]1c1ncc(-c2ccc(-c3ccc(-c4cnc([C@@H]5CCCN5C(=O)[C@@H]5CCCC[C@H]5N(C)C(=O)O)[nH]4)cc3)cc2)[nH]1. The number of hydrogen-bond acceptors (Lipinski definition) is 6. The lowest BCUT2D eigenvalue weighted by Gasteiger charge is -2.38. The van der Waals surface area contributed by atoms with E-state index in [0.29, 0.717) is 38.8 Å². The van der Waals surface area contributed by atoms with Gasteiger partial charge in [0.2, 0.25) is 11.8 Å². The summed E-state index contributed by atoms with van der Waals surface area (Å²) in [6.45, 7) is 1.29. The van der Waals surface area contributed by atoms with E-state index in [1.807, 2.05) is 22.2 Å². The summed E-state index contributed by atoms with van der Waals surface area (Å²) in [6, 6.07) is 15.7. The van der Waals surface area contributed by atoms with Gasteiger partial charge in [0, 0.05) is 39.3 Å². The molecule has 8 rings (SSSR count). The number of nitrogens with zero attached hydrogens (tertiary/aromatic N) is 6. The van der Waals surface area contributed by atoms with Crippen LogP contribution in [0, 0.1) is 11.8 Å². The van der Waals surface area contributed by atoms with Crippen molar-refractivity contribution >= 4 is 24.0 Å². The van der Waals surface area contributed by atoms with E-state index in [-0.39, 0.29) is 47.8 Å². The van der Waals surface area contributed by atoms with E-state index in [2.05, 4.69) is 58.5 Å². The van der Waals surface area contributed by atoms with Gasteiger partial charge >= 0.3 is 12.2 Å². The number of carboxylic acid groups (broad SMARTS) is 2. The minimum Gasteiger partial charge on any atom is -0.465 e. The number of H-pyrrole nitrogens is 2. The molecule has 4 fully saturated rings. The van der Waals surface area contributed by atoms with Crippen LogP contribution in [0.15, 0.2) is 60.9 Å². The molecule has 4 amide bonds. The molecule has 0 spiro atoms. The van der Waals surface area contributed by atoms with Crippen molar-refractivity contribution in [1.29, 1.82) is 0 Å². The van der Waals surface area contributed by atoms with E-state index in [4.69, 9.17) is 9.97 Å². The van der Waals surface area contributed by atoms with Crippen LogP contribution in [0.5, 0.6) is 0 Å².